The maximum absolute atomic E-state index is 12.0. The van der Waals surface area contributed by atoms with Gasteiger partial charge in [-0.05, 0) is 25.1 Å². The molecule has 0 bridgehead atoms. The van der Waals surface area contributed by atoms with E-state index in [0.717, 1.165) is 0 Å². The van der Waals surface area contributed by atoms with Crippen molar-refractivity contribution in [3.8, 4) is 11.5 Å². The van der Waals surface area contributed by atoms with Gasteiger partial charge in [-0.25, -0.2) is 0 Å². The van der Waals surface area contributed by atoms with Gasteiger partial charge in [0, 0.05) is 11.1 Å². The second-order valence-electron chi connectivity index (χ2n) is 4.12. The van der Waals surface area contributed by atoms with Gasteiger partial charge in [-0.1, -0.05) is 0 Å². The summed E-state index contributed by atoms with van der Waals surface area (Å²) in [5.41, 5.74) is -1.67. The minimum atomic E-state index is -2.09. The summed E-state index contributed by atoms with van der Waals surface area (Å²) in [6.07, 6.45) is 0. The number of hydrogen-bond acceptors (Lipinski definition) is 5. The Morgan fingerprint density at radius 1 is 1.44 bits per heavy atom. The summed E-state index contributed by atoms with van der Waals surface area (Å²) in [5, 5.41) is 11.6. The standard InChI is InChI=1S/C11H11B2NO4/c1-6(14-11(12,13)16)10(15)7-2-3-8-9(4-7)18-5-17-8/h2-4,6,14,16H,5H2,1H3/t6-/m1/s1. The van der Waals surface area contributed by atoms with E-state index in [9.17, 15) is 9.90 Å². The SMILES string of the molecule is [B]C([B])(O)N[C@H](C)C(=O)c1ccc2c(c1)OCO2. The molecule has 1 heterocycles. The molecular weight excluding hydrogens is 232 g/mol. The summed E-state index contributed by atoms with van der Waals surface area (Å²) in [6, 6.07) is 4.11. The third-order valence-electron chi connectivity index (χ3n) is 2.50. The summed E-state index contributed by atoms with van der Waals surface area (Å²) in [7, 11) is 10.3. The lowest BCUT2D eigenvalue weighted by molar-refractivity contribution is 0.0889. The van der Waals surface area contributed by atoms with E-state index in [0.29, 0.717) is 17.1 Å². The first kappa shape index (κ1) is 13.0. The van der Waals surface area contributed by atoms with Gasteiger partial charge in [0.25, 0.3) is 0 Å². The molecule has 0 saturated carbocycles. The molecule has 90 valence electrons. The highest BCUT2D eigenvalue weighted by atomic mass is 16.7. The minimum Gasteiger partial charge on any atom is -0.454 e. The van der Waals surface area contributed by atoms with Crippen molar-refractivity contribution in [2.75, 3.05) is 6.79 Å². The van der Waals surface area contributed by atoms with Crippen LogP contribution in [0.1, 0.15) is 17.3 Å². The van der Waals surface area contributed by atoms with Crippen LogP contribution in [0.15, 0.2) is 18.2 Å². The number of aliphatic hydroxyl groups is 1. The van der Waals surface area contributed by atoms with E-state index in [-0.39, 0.29) is 12.6 Å². The number of hydrogen-bond donors (Lipinski definition) is 2. The van der Waals surface area contributed by atoms with E-state index < -0.39 is 11.6 Å². The highest BCUT2D eigenvalue weighted by Crippen LogP contribution is 2.32. The number of carbonyl (C=O) groups excluding carboxylic acids is 1. The summed E-state index contributed by atoms with van der Waals surface area (Å²) >= 11 is 0. The molecule has 7 heteroatoms. The van der Waals surface area contributed by atoms with Crippen LogP contribution in [0, 0.1) is 0 Å². The van der Waals surface area contributed by atoms with Gasteiger partial charge in [0.05, 0.1) is 6.04 Å². The fourth-order valence-electron chi connectivity index (χ4n) is 1.71. The van der Waals surface area contributed by atoms with Gasteiger partial charge >= 0.3 is 0 Å². The third kappa shape index (κ3) is 2.86. The molecule has 1 aliphatic rings. The van der Waals surface area contributed by atoms with E-state index in [1.165, 1.54) is 0 Å². The fourth-order valence-corrected chi connectivity index (χ4v) is 1.71. The van der Waals surface area contributed by atoms with Crippen LogP contribution in [-0.2, 0) is 0 Å². The Morgan fingerprint density at radius 2 is 2.11 bits per heavy atom. The number of carbonyl (C=O) groups is 1. The van der Waals surface area contributed by atoms with Crippen molar-refractivity contribution in [2.24, 2.45) is 0 Å². The zero-order chi connectivity index (χ0) is 13.3. The summed E-state index contributed by atoms with van der Waals surface area (Å²) < 4.78 is 10.3. The molecule has 2 rings (SSSR count). The zero-order valence-corrected chi connectivity index (χ0v) is 9.84. The first-order valence-corrected chi connectivity index (χ1v) is 5.38. The average molecular weight is 243 g/mol. The number of Topliss-reactive ketones (excluding diaryl/α,β-unsaturated/α-hetero) is 1. The second-order valence-corrected chi connectivity index (χ2v) is 4.12. The number of ketones is 1. The Balaban J connectivity index is 2.14. The van der Waals surface area contributed by atoms with Gasteiger partial charge in [-0.15, -0.1) is 0 Å². The van der Waals surface area contributed by atoms with Crippen LogP contribution in [0.5, 0.6) is 11.5 Å². The van der Waals surface area contributed by atoms with Gasteiger partial charge in [-0.3, -0.25) is 10.1 Å². The molecule has 0 fully saturated rings. The molecule has 2 N–H and O–H groups in total. The molecule has 0 aliphatic carbocycles. The summed E-state index contributed by atoms with van der Waals surface area (Å²) in [4.78, 5) is 12.0. The molecule has 0 saturated heterocycles. The first-order chi connectivity index (χ1) is 8.37. The van der Waals surface area contributed by atoms with Crippen LogP contribution >= 0.6 is 0 Å². The molecule has 1 aliphatic heterocycles. The Labute approximate surface area is 107 Å². The van der Waals surface area contributed by atoms with Crippen molar-refractivity contribution in [2.45, 2.75) is 18.5 Å². The van der Waals surface area contributed by atoms with Crippen molar-refractivity contribution in [1.29, 1.82) is 0 Å². The van der Waals surface area contributed by atoms with Crippen LogP contribution in [0.2, 0.25) is 0 Å². The van der Waals surface area contributed by atoms with Crippen LogP contribution < -0.4 is 14.8 Å². The second kappa shape index (κ2) is 4.66. The number of ether oxygens (including phenoxy) is 2. The van der Waals surface area contributed by atoms with E-state index >= 15 is 0 Å². The summed E-state index contributed by atoms with van der Waals surface area (Å²) in [6.45, 7) is 1.70. The van der Waals surface area contributed by atoms with Crippen LogP contribution in [0.4, 0.5) is 0 Å². The molecule has 1 aromatic carbocycles. The predicted molar refractivity (Wildman–Crippen MR) is 66.0 cm³/mol. The molecule has 18 heavy (non-hydrogen) atoms. The van der Waals surface area contributed by atoms with E-state index in [4.69, 9.17) is 25.2 Å². The first-order valence-electron chi connectivity index (χ1n) is 5.38. The Hall–Kier alpha value is -1.46. The van der Waals surface area contributed by atoms with Crippen molar-refractivity contribution < 1.29 is 19.4 Å². The number of rotatable bonds is 4. The highest BCUT2D eigenvalue weighted by molar-refractivity contribution is 6.38. The molecule has 0 unspecified atom stereocenters. The van der Waals surface area contributed by atoms with Gasteiger partial charge < -0.3 is 14.6 Å². The molecule has 0 spiro atoms. The lowest BCUT2D eigenvalue weighted by Crippen LogP contribution is -2.53. The van der Waals surface area contributed by atoms with Gasteiger partial charge in [0.1, 0.15) is 15.7 Å². The smallest absolute Gasteiger partial charge is 0.231 e. The molecule has 0 aromatic heterocycles. The number of fused-ring (bicyclic) bond motifs is 1. The lowest BCUT2D eigenvalue weighted by Gasteiger charge is -2.25. The third-order valence-corrected chi connectivity index (χ3v) is 2.50. The van der Waals surface area contributed by atoms with E-state index in [1.54, 1.807) is 25.1 Å². The molecular formula is C11H11B2NO4. The van der Waals surface area contributed by atoms with Crippen LogP contribution in [-0.4, -0.2) is 44.9 Å². The van der Waals surface area contributed by atoms with Gasteiger partial charge in [0.15, 0.2) is 17.3 Å². The Morgan fingerprint density at radius 3 is 2.78 bits per heavy atom. The monoisotopic (exact) mass is 243 g/mol. The molecule has 5 nitrogen and oxygen atoms in total. The Bertz CT molecular complexity index is 473. The normalized spacial score (nSPS) is 15.4. The van der Waals surface area contributed by atoms with Crippen molar-refractivity contribution in [3.63, 3.8) is 0 Å². The molecule has 4 radical (unpaired) electrons. The minimum absolute atomic E-state index is 0.145. The number of nitrogens with one attached hydrogen (secondary N) is 1. The molecule has 1 atom stereocenters. The van der Waals surface area contributed by atoms with Crippen LogP contribution in [0.25, 0.3) is 0 Å². The van der Waals surface area contributed by atoms with E-state index in [1.807, 2.05) is 0 Å². The zero-order valence-electron chi connectivity index (χ0n) is 9.84. The van der Waals surface area contributed by atoms with Crippen molar-refractivity contribution in [1.82, 2.24) is 5.32 Å². The van der Waals surface area contributed by atoms with Crippen LogP contribution in [0.3, 0.4) is 0 Å². The van der Waals surface area contributed by atoms with Gasteiger partial charge in [0.2, 0.25) is 6.79 Å². The quantitative estimate of drug-likeness (QED) is 0.424. The molecule has 0 amide bonds. The maximum Gasteiger partial charge on any atom is 0.231 e. The van der Waals surface area contributed by atoms with Crippen molar-refractivity contribution >= 4 is 21.5 Å². The topological polar surface area (TPSA) is 67.8 Å². The maximum atomic E-state index is 12.0. The van der Waals surface area contributed by atoms with Crippen molar-refractivity contribution in [3.05, 3.63) is 23.8 Å². The number of benzene rings is 1. The largest absolute Gasteiger partial charge is 0.454 e. The highest BCUT2D eigenvalue weighted by Gasteiger charge is 2.23. The fraction of sp³-hybridized carbons (Fsp3) is 0.364. The molecule has 1 aromatic rings. The Kier molecular flexibility index (Phi) is 3.36. The summed E-state index contributed by atoms with van der Waals surface area (Å²) in [5.74, 6) is 0.854. The lowest BCUT2D eigenvalue weighted by atomic mass is 9.73. The predicted octanol–water partition coefficient (Wildman–Crippen LogP) is -0.483. The van der Waals surface area contributed by atoms with Gasteiger partial charge in [-0.2, -0.15) is 0 Å². The van der Waals surface area contributed by atoms with E-state index in [2.05, 4.69) is 5.32 Å². The average Bonchev–Trinajstić information content (AvgIpc) is 2.72.